The van der Waals surface area contributed by atoms with E-state index in [2.05, 4.69) is 32.1 Å². The number of nitrogens with zero attached hydrogens (tertiary/aromatic N) is 4. The van der Waals surface area contributed by atoms with Crippen LogP contribution in [-0.2, 0) is 4.74 Å². The van der Waals surface area contributed by atoms with Crippen LogP contribution in [0.15, 0.2) is 29.4 Å². The molecule has 4 aliphatic rings. The molecule has 0 unspecified atom stereocenters. The van der Waals surface area contributed by atoms with Gasteiger partial charge in [-0.1, -0.05) is 6.07 Å². The lowest BCUT2D eigenvalue weighted by Gasteiger charge is -2.50. The maximum Gasteiger partial charge on any atom is 0.291 e. The molecular weight excluding hydrogens is 302 g/mol. The molecule has 3 fully saturated rings. The first-order valence-electron chi connectivity index (χ1n) is 8.66. The van der Waals surface area contributed by atoms with Crippen LogP contribution in [0, 0.1) is 12.8 Å². The van der Waals surface area contributed by atoms with E-state index in [4.69, 9.17) is 4.74 Å². The van der Waals surface area contributed by atoms with Crippen molar-refractivity contribution in [2.24, 2.45) is 10.9 Å². The van der Waals surface area contributed by atoms with Gasteiger partial charge < -0.3 is 4.74 Å². The van der Waals surface area contributed by atoms with Crippen LogP contribution in [0.2, 0.25) is 0 Å². The van der Waals surface area contributed by atoms with Crippen LogP contribution in [0.25, 0.3) is 11.0 Å². The van der Waals surface area contributed by atoms with Crippen LogP contribution >= 0.6 is 0 Å². The molecular formula is C18H21N5O. The second kappa shape index (κ2) is 5.14. The molecule has 1 aromatic carbocycles. The first kappa shape index (κ1) is 14.2. The predicted octanol–water partition coefficient (Wildman–Crippen LogP) is 2.20. The largest absolute Gasteiger partial charge is 0.455 e. The molecule has 6 nitrogen and oxygen atoms in total. The zero-order chi connectivity index (χ0) is 16.1. The summed E-state index contributed by atoms with van der Waals surface area (Å²) in [6.07, 6.45) is 4.19. The lowest BCUT2D eigenvalue weighted by atomic mass is 9.75. The number of rotatable bonds is 1. The standard InChI is InChI=1S/C18H21N5O/c1-12-2-3-14-15(8-12)19-9-16(21-14)22-17-20-10-18(24-17)11-23-6-4-13(18)5-7-23/h2-3,8-9,13H,4-7,10-11H2,1H3,(H,20,21,22)/t18-/m0/s1. The van der Waals surface area contributed by atoms with E-state index < -0.39 is 0 Å². The highest BCUT2D eigenvalue weighted by Gasteiger charge is 2.51. The van der Waals surface area contributed by atoms with Gasteiger partial charge in [-0.15, -0.1) is 0 Å². The van der Waals surface area contributed by atoms with Gasteiger partial charge in [0.25, 0.3) is 6.02 Å². The van der Waals surface area contributed by atoms with Gasteiger partial charge >= 0.3 is 0 Å². The second-order valence-electron chi connectivity index (χ2n) is 7.21. The molecule has 1 spiro atoms. The predicted molar refractivity (Wildman–Crippen MR) is 93.2 cm³/mol. The molecule has 0 saturated carbocycles. The van der Waals surface area contributed by atoms with Crippen LogP contribution in [0.4, 0.5) is 5.82 Å². The lowest BCUT2D eigenvalue weighted by molar-refractivity contribution is -0.0829. The molecule has 1 N–H and O–H groups in total. The molecule has 2 aromatic rings. The van der Waals surface area contributed by atoms with Crippen molar-refractivity contribution in [3.05, 3.63) is 30.0 Å². The third kappa shape index (κ3) is 2.24. The van der Waals surface area contributed by atoms with Crippen LogP contribution in [0.3, 0.4) is 0 Å². The summed E-state index contributed by atoms with van der Waals surface area (Å²) in [5.41, 5.74) is 2.84. The highest BCUT2D eigenvalue weighted by molar-refractivity contribution is 5.90. The minimum atomic E-state index is -0.125. The maximum atomic E-state index is 6.29. The smallest absolute Gasteiger partial charge is 0.291 e. The number of nitrogens with one attached hydrogen (secondary N) is 1. The van der Waals surface area contributed by atoms with Crippen molar-refractivity contribution >= 4 is 22.9 Å². The molecule has 1 atom stereocenters. The van der Waals surface area contributed by atoms with Gasteiger partial charge in [-0.05, 0) is 50.6 Å². The topological polar surface area (TPSA) is 62.6 Å². The zero-order valence-corrected chi connectivity index (χ0v) is 13.8. The first-order chi connectivity index (χ1) is 11.7. The van der Waals surface area contributed by atoms with E-state index in [0.29, 0.717) is 17.8 Å². The Labute approximate surface area is 141 Å². The quantitative estimate of drug-likeness (QED) is 0.872. The number of aliphatic imine (C=N–C) groups is 1. The molecule has 24 heavy (non-hydrogen) atoms. The van der Waals surface area contributed by atoms with E-state index in [0.717, 1.165) is 24.1 Å². The van der Waals surface area contributed by atoms with E-state index in [-0.39, 0.29) is 5.60 Å². The molecule has 5 heterocycles. The molecule has 0 amide bonds. The minimum Gasteiger partial charge on any atom is -0.455 e. The average Bonchev–Trinajstić information content (AvgIpc) is 2.98. The summed E-state index contributed by atoms with van der Waals surface area (Å²) in [4.78, 5) is 16.2. The highest BCUT2D eigenvalue weighted by Crippen LogP contribution is 2.40. The Bertz CT molecular complexity index is 827. The van der Waals surface area contributed by atoms with E-state index in [1.807, 2.05) is 18.2 Å². The van der Waals surface area contributed by atoms with Crippen molar-refractivity contribution in [1.29, 1.82) is 0 Å². The summed E-state index contributed by atoms with van der Waals surface area (Å²) in [5.74, 6) is 1.31. The molecule has 3 saturated heterocycles. The monoisotopic (exact) mass is 323 g/mol. The molecule has 6 heteroatoms. The minimum absolute atomic E-state index is 0.125. The lowest BCUT2D eigenvalue weighted by Crippen LogP contribution is -2.61. The van der Waals surface area contributed by atoms with Gasteiger partial charge in [-0.25, -0.2) is 9.98 Å². The fourth-order valence-corrected chi connectivity index (χ4v) is 4.24. The molecule has 6 rings (SSSR count). The zero-order valence-electron chi connectivity index (χ0n) is 13.8. The molecule has 2 bridgehead atoms. The number of benzene rings is 1. The number of aryl methyl sites for hydroxylation is 1. The number of aromatic nitrogens is 2. The molecule has 0 aliphatic carbocycles. The van der Waals surface area contributed by atoms with Gasteiger partial charge in [0, 0.05) is 12.5 Å². The van der Waals surface area contributed by atoms with Gasteiger partial charge in [0.2, 0.25) is 0 Å². The number of ether oxygens (including phenoxy) is 1. The number of anilines is 1. The summed E-state index contributed by atoms with van der Waals surface area (Å²) in [7, 11) is 0. The number of hydrogen-bond donors (Lipinski definition) is 1. The Morgan fingerprint density at radius 3 is 2.92 bits per heavy atom. The Morgan fingerprint density at radius 1 is 1.25 bits per heavy atom. The van der Waals surface area contributed by atoms with E-state index in [1.54, 1.807) is 6.20 Å². The summed E-state index contributed by atoms with van der Waals surface area (Å²) in [6.45, 7) is 6.20. The van der Waals surface area contributed by atoms with Crippen molar-refractivity contribution in [3.63, 3.8) is 0 Å². The molecule has 0 radical (unpaired) electrons. The van der Waals surface area contributed by atoms with Gasteiger partial charge in [0.15, 0.2) is 5.82 Å². The fourth-order valence-electron chi connectivity index (χ4n) is 4.24. The number of fused-ring (bicyclic) bond motifs is 3. The van der Waals surface area contributed by atoms with Crippen LogP contribution in [-0.4, -0.2) is 52.7 Å². The van der Waals surface area contributed by atoms with Gasteiger partial charge in [0.05, 0.1) is 23.8 Å². The van der Waals surface area contributed by atoms with Crippen molar-refractivity contribution < 1.29 is 4.74 Å². The third-order valence-corrected chi connectivity index (χ3v) is 5.55. The fraction of sp³-hybridized carbons (Fsp3) is 0.500. The summed E-state index contributed by atoms with van der Waals surface area (Å²) < 4.78 is 6.29. The van der Waals surface area contributed by atoms with Crippen molar-refractivity contribution in [3.8, 4) is 0 Å². The summed E-state index contributed by atoms with van der Waals surface area (Å²) >= 11 is 0. The van der Waals surface area contributed by atoms with Crippen molar-refractivity contribution in [1.82, 2.24) is 14.9 Å². The van der Waals surface area contributed by atoms with E-state index in [9.17, 15) is 0 Å². The Morgan fingerprint density at radius 2 is 2.12 bits per heavy atom. The van der Waals surface area contributed by atoms with Gasteiger partial charge in [0.1, 0.15) is 5.60 Å². The molecule has 4 aliphatic heterocycles. The Hall–Kier alpha value is -2.21. The van der Waals surface area contributed by atoms with Gasteiger partial charge in [-0.3, -0.25) is 15.2 Å². The molecule has 1 aromatic heterocycles. The normalized spacial score (nSPS) is 31.3. The van der Waals surface area contributed by atoms with Crippen molar-refractivity contribution in [2.75, 3.05) is 31.5 Å². The highest BCUT2D eigenvalue weighted by atomic mass is 16.5. The Balaban J connectivity index is 1.35. The van der Waals surface area contributed by atoms with E-state index >= 15 is 0 Å². The first-order valence-corrected chi connectivity index (χ1v) is 8.66. The van der Waals surface area contributed by atoms with Crippen molar-refractivity contribution in [2.45, 2.75) is 25.4 Å². The SMILES string of the molecule is Cc1ccc2nc(NC3=NC[C@@]4(CN5CCC4CC5)O3)cnc2c1. The molecule has 124 valence electrons. The second-order valence-corrected chi connectivity index (χ2v) is 7.21. The third-order valence-electron chi connectivity index (χ3n) is 5.55. The number of hydrogen-bond acceptors (Lipinski definition) is 6. The number of piperidine rings is 3. The summed E-state index contributed by atoms with van der Waals surface area (Å²) in [6, 6.07) is 6.67. The Kier molecular flexibility index (Phi) is 3.03. The maximum absolute atomic E-state index is 6.29. The summed E-state index contributed by atoms with van der Waals surface area (Å²) in [5, 5.41) is 3.21. The van der Waals surface area contributed by atoms with Crippen LogP contribution in [0.5, 0.6) is 0 Å². The van der Waals surface area contributed by atoms with Gasteiger partial charge in [-0.2, -0.15) is 0 Å². The van der Waals surface area contributed by atoms with E-state index in [1.165, 1.54) is 31.5 Å². The van der Waals surface area contributed by atoms with Crippen LogP contribution < -0.4 is 5.32 Å². The van der Waals surface area contributed by atoms with Crippen LogP contribution in [0.1, 0.15) is 18.4 Å². The number of amidine groups is 1. The average molecular weight is 323 g/mol.